The predicted molar refractivity (Wildman–Crippen MR) is 56.2 cm³/mol. The molecule has 90 valence electrons. The van der Waals surface area contributed by atoms with Crippen LogP contribution in [0, 0.1) is 0 Å². The molecule has 0 saturated carbocycles. The van der Waals surface area contributed by atoms with Gasteiger partial charge in [0, 0.05) is 20.3 Å². The van der Waals surface area contributed by atoms with E-state index in [2.05, 4.69) is 5.10 Å². The highest BCUT2D eigenvalue weighted by atomic mass is 16.7. The number of nitrogens with zero attached hydrogens (tertiary/aromatic N) is 2. The van der Waals surface area contributed by atoms with Gasteiger partial charge in [-0.3, -0.25) is 4.68 Å². The van der Waals surface area contributed by atoms with Crippen molar-refractivity contribution in [3.63, 3.8) is 0 Å². The highest BCUT2D eigenvalue weighted by Crippen LogP contribution is 2.18. The van der Waals surface area contributed by atoms with Crippen LogP contribution < -0.4 is 0 Å². The molecule has 0 saturated heterocycles. The van der Waals surface area contributed by atoms with E-state index in [1.54, 1.807) is 7.05 Å². The van der Waals surface area contributed by atoms with Crippen LogP contribution in [0.3, 0.4) is 0 Å². The highest BCUT2D eigenvalue weighted by molar-refractivity contribution is 5.85. The van der Waals surface area contributed by atoms with Gasteiger partial charge in [0.25, 0.3) is 0 Å². The summed E-state index contributed by atoms with van der Waals surface area (Å²) in [5, 5.41) is 12.9. The molecule has 16 heavy (non-hydrogen) atoms. The summed E-state index contributed by atoms with van der Waals surface area (Å²) in [5.74, 6) is -1.02. The summed E-state index contributed by atoms with van der Waals surface area (Å²) in [4.78, 5) is 10.8. The minimum absolute atomic E-state index is 0.111. The summed E-state index contributed by atoms with van der Waals surface area (Å²) < 4.78 is 11.9. The number of hydrogen-bond acceptors (Lipinski definition) is 4. The first-order valence-electron chi connectivity index (χ1n) is 5.10. The van der Waals surface area contributed by atoms with Crippen molar-refractivity contribution in [1.82, 2.24) is 9.78 Å². The summed E-state index contributed by atoms with van der Waals surface area (Å²) in [6, 6.07) is 1.46. The molecule has 0 atom stereocenters. The fourth-order valence-electron chi connectivity index (χ4n) is 1.33. The van der Waals surface area contributed by atoms with Gasteiger partial charge in [-0.15, -0.1) is 0 Å². The second-order valence-electron chi connectivity index (χ2n) is 3.13. The Bertz CT molecular complexity index is 356. The van der Waals surface area contributed by atoms with Crippen LogP contribution in [-0.2, 0) is 16.5 Å². The van der Waals surface area contributed by atoms with Crippen molar-refractivity contribution >= 4 is 5.97 Å². The smallest absolute Gasteiger partial charge is 0.354 e. The van der Waals surface area contributed by atoms with Gasteiger partial charge < -0.3 is 14.6 Å². The number of carbonyl (C=O) groups is 1. The second-order valence-corrected chi connectivity index (χ2v) is 3.13. The quantitative estimate of drug-likeness (QED) is 0.740. The third kappa shape index (κ3) is 2.80. The molecule has 0 aliphatic carbocycles. The maximum atomic E-state index is 10.8. The Labute approximate surface area is 93.8 Å². The Morgan fingerprint density at radius 3 is 2.44 bits per heavy atom. The first-order chi connectivity index (χ1) is 7.60. The predicted octanol–water partition coefficient (Wildman–Crippen LogP) is 1.19. The molecule has 1 aromatic rings. The summed E-state index contributed by atoms with van der Waals surface area (Å²) in [5.41, 5.74) is 0.586. The van der Waals surface area contributed by atoms with E-state index in [0.717, 1.165) is 0 Å². The molecule has 0 spiro atoms. The molecular formula is C10H16N2O4. The maximum Gasteiger partial charge on any atom is 0.354 e. The number of hydrogen-bond donors (Lipinski definition) is 1. The molecule has 0 aliphatic heterocycles. The van der Waals surface area contributed by atoms with E-state index in [-0.39, 0.29) is 5.69 Å². The summed E-state index contributed by atoms with van der Waals surface area (Å²) in [6.07, 6.45) is -0.603. The Morgan fingerprint density at radius 2 is 2.06 bits per heavy atom. The fraction of sp³-hybridized carbons (Fsp3) is 0.600. The molecule has 0 aliphatic rings. The van der Waals surface area contributed by atoms with E-state index in [9.17, 15) is 4.79 Å². The monoisotopic (exact) mass is 228 g/mol. The van der Waals surface area contributed by atoms with Crippen molar-refractivity contribution < 1.29 is 19.4 Å². The van der Waals surface area contributed by atoms with E-state index in [0.29, 0.717) is 18.9 Å². The molecule has 0 fully saturated rings. The van der Waals surface area contributed by atoms with Crippen LogP contribution in [0.15, 0.2) is 6.07 Å². The first-order valence-corrected chi connectivity index (χ1v) is 5.10. The Morgan fingerprint density at radius 1 is 1.50 bits per heavy atom. The van der Waals surface area contributed by atoms with Crippen LogP contribution in [0.2, 0.25) is 0 Å². The standard InChI is InChI=1S/C10H16N2O4/c1-4-15-10(16-5-2)7-6-8(9(13)14)12(3)11-7/h6,10H,4-5H2,1-3H3,(H,13,14). The first kappa shape index (κ1) is 12.7. The van der Waals surface area contributed by atoms with Gasteiger partial charge in [-0.1, -0.05) is 0 Å². The molecule has 0 bridgehead atoms. The van der Waals surface area contributed by atoms with Gasteiger partial charge in [0.2, 0.25) is 6.29 Å². The zero-order valence-corrected chi connectivity index (χ0v) is 9.64. The van der Waals surface area contributed by atoms with Crippen molar-refractivity contribution in [1.29, 1.82) is 0 Å². The second kappa shape index (κ2) is 5.62. The third-order valence-corrected chi connectivity index (χ3v) is 2.00. The average Bonchev–Trinajstić information content (AvgIpc) is 2.60. The Balaban J connectivity index is 2.92. The van der Waals surface area contributed by atoms with E-state index in [1.807, 2.05) is 13.8 Å². The van der Waals surface area contributed by atoms with Gasteiger partial charge in [0.15, 0.2) is 0 Å². The van der Waals surface area contributed by atoms with Gasteiger partial charge in [-0.25, -0.2) is 4.79 Å². The average molecular weight is 228 g/mol. The van der Waals surface area contributed by atoms with Crippen molar-refractivity contribution in [2.75, 3.05) is 13.2 Å². The number of ether oxygens (including phenoxy) is 2. The minimum atomic E-state index is -1.02. The number of aromatic carboxylic acids is 1. The van der Waals surface area contributed by atoms with Crippen LogP contribution in [0.4, 0.5) is 0 Å². The van der Waals surface area contributed by atoms with Crippen LogP contribution in [0.1, 0.15) is 36.3 Å². The van der Waals surface area contributed by atoms with Crippen LogP contribution >= 0.6 is 0 Å². The molecule has 6 heteroatoms. The number of aromatic nitrogens is 2. The topological polar surface area (TPSA) is 73.6 Å². The molecule has 1 aromatic heterocycles. The molecule has 0 amide bonds. The minimum Gasteiger partial charge on any atom is -0.477 e. The number of carboxylic acid groups (broad SMARTS) is 1. The number of aryl methyl sites for hydroxylation is 1. The van der Waals surface area contributed by atoms with Crippen LogP contribution in [-0.4, -0.2) is 34.1 Å². The van der Waals surface area contributed by atoms with E-state index >= 15 is 0 Å². The van der Waals surface area contributed by atoms with Gasteiger partial charge in [-0.05, 0) is 19.9 Å². The van der Waals surface area contributed by atoms with E-state index in [1.165, 1.54) is 10.7 Å². The van der Waals surface area contributed by atoms with Crippen molar-refractivity contribution in [2.24, 2.45) is 7.05 Å². The van der Waals surface area contributed by atoms with Gasteiger partial charge in [-0.2, -0.15) is 5.10 Å². The molecular weight excluding hydrogens is 212 g/mol. The number of rotatable bonds is 6. The number of carboxylic acids is 1. The van der Waals surface area contributed by atoms with E-state index in [4.69, 9.17) is 14.6 Å². The lowest BCUT2D eigenvalue weighted by Crippen LogP contribution is -2.10. The largest absolute Gasteiger partial charge is 0.477 e. The highest BCUT2D eigenvalue weighted by Gasteiger charge is 2.19. The zero-order chi connectivity index (χ0) is 12.1. The summed E-state index contributed by atoms with van der Waals surface area (Å²) >= 11 is 0. The summed E-state index contributed by atoms with van der Waals surface area (Å²) in [7, 11) is 1.57. The Hall–Kier alpha value is -1.40. The van der Waals surface area contributed by atoms with Crippen LogP contribution in [0.5, 0.6) is 0 Å². The van der Waals surface area contributed by atoms with Crippen molar-refractivity contribution in [2.45, 2.75) is 20.1 Å². The SMILES string of the molecule is CCOC(OCC)c1cc(C(=O)O)n(C)n1. The molecule has 0 unspecified atom stereocenters. The van der Waals surface area contributed by atoms with Crippen LogP contribution in [0.25, 0.3) is 0 Å². The molecule has 0 radical (unpaired) electrons. The van der Waals surface area contributed by atoms with E-state index < -0.39 is 12.3 Å². The maximum absolute atomic E-state index is 10.8. The lowest BCUT2D eigenvalue weighted by Gasteiger charge is -2.13. The van der Waals surface area contributed by atoms with Crippen molar-refractivity contribution in [3.8, 4) is 0 Å². The lowest BCUT2D eigenvalue weighted by molar-refractivity contribution is -0.142. The summed E-state index contributed by atoms with van der Waals surface area (Å²) in [6.45, 7) is 4.63. The lowest BCUT2D eigenvalue weighted by atomic mass is 10.3. The van der Waals surface area contributed by atoms with Gasteiger partial charge >= 0.3 is 5.97 Å². The molecule has 1 rings (SSSR count). The van der Waals surface area contributed by atoms with Gasteiger partial charge in [0.05, 0.1) is 0 Å². The van der Waals surface area contributed by atoms with Gasteiger partial charge in [0.1, 0.15) is 11.4 Å². The fourth-order valence-corrected chi connectivity index (χ4v) is 1.33. The zero-order valence-electron chi connectivity index (χ0n) is 9.64. The Kier molecular flexibility index (Phi) is 4.45. The molecule has 6 nitrogen and oxygen atoms in total. The normalized spacial score (nSPS) is 11.0. The van der Waals surface area contributed by atoms with Crippen molar-refractivity contribution in [3.05, 3.63) is 17.5 Å². The third-order valence-electron chi connectivity index (χ3n) is 2.00. The molecule has 1 heterocycles. The molecule has 1 N–H and O–H groups in total. The molecule has 0 aromatic carbocycles.